The Balaban J connectivity index is 1.22. The van der Waals surface area contributed by atoms with Crippen LogP contribution < -0.4 is 0 Å². The predicted octanol–water partition coefficient (Wildman–Crippen LogP) is 1.62. The summed E-state index contributed by atoms with van der Waals surface area (Å²) in [6.45, 7) is 15.5. The largest absolute Gasteiger partial charge is 0.394 e. The highest BCUT2D eigenvalue weighted by atomic mass is 17.1. The molecule has 0 spiro atoms. The van der Waals surface area contributed by atoms with Crippen molar-refractivity contribution in [1.82, 2.24) is 0 Å². The number of hydrogen-bond acceptors (Lipinski definition) is 15. The van der Waals surface area contributed by atoms with E-state index in [1.54, 1.807) is 19.9 Å². The van der Waals surface area contributed by atoms with E-state index < -0.39 is 103 Å². The number of fused-ring (bicyclic) bond motifs is 5. The van der Waals surface area contributed by atoms with E-state index in [2.05, 4.69) is 39.5 Å². The van der Waals surface area contributed by atoms with E-state index in [-0.39, 0.29) is 39.9 Å². The van der Waals surface area contributed by atoms with Crippen molar-refractivity contribution in [1.29, 1.82) is 0 Å². The zero-order valence-corrected chi connectivity index (χ0v) is 35.0. The van der Waals surface area contributed by atoms with Gasteiger partial charge in [0.1, 0.15) is 54.4 Å². The smallest absolute Gasteiger partial charge is 0.187 e. The fourth-order valence-corrected chi connectivity index (χ4v) is 13.2. The van der Waals surface area contributed by atoms with Crippen LogP contribution in [0.4, 0.5) is 0 Å². The fourth-order valence-electron chi connectivity index (χ4n) is 13.2. The van der Waals surface area contributed by atoms with Gasteiger partial charge < -0.3 is 64.9 Å². The summed E-state index contributed by atoms with van der Waals surface area (Å²) in [7, 11) is 0. The number of aliphatic hydroxyl groups is 9. The molecule has 0 radical (unpaired) electrons. The van der Waals surface area contributed by atoms with E-state index >= 15 is 0 Å². The maximum absolute atomic E-state index is 12.2. The molecule has 0 aromatic rings. The fraction of sp³-hybridized carbons (Fsp3) is 0.952. The Morgan fingerprint density at radius 3 is 1.91 bits per heavy atom. The third kappa shape index (κ3) is 7.60. The second-order valence-corrected chi connectivity index (χ2v) is 20.6. The van der Waals surface area contributed by atoms with E-state index in [1.807, 2.05) is 13.0 Å². The first kappa shape index (κ1) is 45.7. The Hall–Kier alpha value is -0.860. The van der Waals surface area contributed by atoms with Gasteiger partial charge in [0.25, 0.3) is 0 Å². The minimum absolute atomic E-state index is 0.0950. The molecule has 2 aliphatic heterocycles. The van der Waals surface area contributed by atoms with Crippen molar-refractivity contribution in [2.45, 2.75) is 192 Å². The number of rotatable bonds is 11. The van der Waals surface area contributed by atoms with Crippen LogP contribution in [0.3, 0.4) is 0 Å². The molecule has 15 heteroatoms. The molecule has 57 heavy (non-hydrogen) atoms. The highest BCUT2D eigenvalue weighted by Crippen LogP contribution is 2.76. The van der Waals surface area contributed by atoms with E-state index in [0.29, 0.717) is 19.3 Å². The standard InChI is InChI=1S/C42H72O15/c1-37(2,57-52)13-9-14-42(8,51)21-10-16-41(7)28(21)22(45)18-26-39(5)15-12-27(38(3,4)25(39)11-17-40(26,41)6)55-36-34(32(49)30(47)24(20-44)54-36)56-35-33(50)31(48)29(46)23(19-43)53-35/h9,13,21-36,43-52H,10-12,14-20H2,1-8H3/b13-9+/t21-,22+,23+,24+,25-,26+,27-,28-,29-,30-,31-,32-,33+,34+,35-,36-,39-,40+,41+,42-/m0/s1. The monoisotopic (exact) mass is 816 g/mol. The summed E-state index contributed by atoms with van der Waals surface area (Å²) in [5, 5.41) is 107. The van der Waals surface area contributed by atoms with Crippen molar-refractivity contribution in [3.8, 4) is 0 Å². The van der Waals surface area contributed by atoms with Gasteiger partial charge in [-0.3, -0.25) is 5.26 Å². The zero-order valence-electron chi connectivity index (χ0n) is 35.0. The summed E-state index contributed by atoms with van der Waals surface area (Å²) < 4.78 is 24.3. The topological polar surface area (TPSA) is 248 Å². The normalized spacial score (nSPS) is 51.2. The summed E-state index contributed by atoms with van der Waals surface area (Å²) in [6, 6.07) is 0. The van der Waals surface area contributed by atoms with Crippen molar-refractivity contribution in [2.24, 2.45) is 45.3 Å². The van der Waals surface area contributed by atoms with Crippen LogP contribution in [0.2, 0.25) is 0 Å². The number of aliphatic hydroxyl groups excluding tert-OH is 8. The van der Waals surface area contributed by atoms with Crippen LogP contribution in [0, 0.1) is 45.3 Å². The molecule has 6 rings (SSSR count). The summed E-state index contributed by atoms with van der Waals surface area (Å²) in [4.78, 5) is 4.56. The minimum atomic E-state index is -1.77. The average molecular weight is 817 g/mol. The quantitative estimate of drug-likeness (QED) is 0.0616. The van der Waals surface area contributed by atoms with Gasteiger partial charge >= 0.3 is 0 Å². The van der Waals surface area contributed by atoms with Crippen LogP contribution in [0.25, 0.3) is 0 Å². The van der Waals surface area contributed by atoms with Crippen molar-refractivity contribution in [3.05, 3.63) is 12.2 Å². The van der Waals surface area contributed by atoms with Crippen LogP contribution in [-0.4, -0.2) is 149 Å². The molecule has 6 fully saturated rings. The molecule has 6 aliphatic rings. The highest BCUT2D eigenvalue weighted by molar-refractivity contribution is 5.20. The first-order valence-electron chi connectivity index (χ1n) is 21.1. The van der Waals surface area contributed by atoms with E-state index in [1.165, 1.54) is 0 Å². The molecule has 10 N–H and O–H groups in total. The van der Waals surface area contributed by atoms with E-state index in [9.17, 15) is 51.2 Å². The first-order chi connectivity index (χ1) is 26.4. The Morgan fingerprint density at radius 2 is 1.30 bits per heavy atom. The SMILES string of the molecule is CC(C)(/C=C/C[C@](C)(O)[C@H]1CC[C@]2(C)[C@@H]1[C@H](O)C[C@@H]1[C@@]3(C)CC[C@H](O[C@@H]4O[C@H](CO)[C@H](O)[C@H](O)[C@H]4O[C@@H]4O[C@H](CO)[C@H](O)[C@H](O)[C@H]4O)C(C)(C)[C@@H]3CC[C@]12C)OO. The third-order valence-electron chi connectivity index (χ3n) is 16.7. The Kier molecular flexibility index (Phi) is 12.9. The molecule has 0 amide bonds. The van der Waals surface area contributed by atoms with Gasteiger partial charge in [-0.05, 0) is 117 Å². The molecule has 4 aliphatic carbocycles. The van der Waals surface area contributed by atoms with Crippen LogP contribution >= 0.6 is 0 Å². The molecule has 2 heterocycles. The van der Waals surface area contributed by atoms with Gasteiger partial charge in [-0.25, -0.2) is 4.89 Å². The minimum Gasteiger partial charge on any atom is -0.394 e. The summed E-state index contributed by atoms with van der Waals surface area (Å²) >= 11 is 0. The van der Waals surface area contributed by atoms with Crippen molar-refractivity contribution >= 4 is 0 Å². The summed E-state index contributed by atoms with van der Waals surface area (Å²) in [5.74, 6) is 0.112. The van der Waals surface area contributed by atoms with Crippen LogP contribution in [0.15, 0.2) is 12.2 Å². The van der Waals surface area contributed by atoms with E-state index in [4.69, 9.17) is 18.9 Å². The molecule has 330 valence electrons. The van der Waals surface area contributed by atoms with Gasteiger partial charge in [-0.2, -0.15) is 0 Å². The van der Waals surface area contributed by atoms with Crippen molar-refractivity contribution < 1.29 is 75.1 Å². The lowest BCUT2D eigenvalue weighted by Crippen LogP contribution is -2.68. The van der Waals surface area contributed by atoms with Crippen LogP contribution in [0.1, 0.15) is 107 Å². The molecule has 0 aromatic carbocycles. The van der Waals surface area contributed by atoms with Gasteiger partial charge in [-0.1, -0.05) is 46.8 Å². The van der Waals surface area contributed by atoms with Gasteiger partial charge in [0.2, 0.25) is 0 Å². The first-order valence-corrected chi connectivity index (χ1v) is 21.1. The molecule has 4 saturated carbocycles. The van der Waals surface area contributed by atoms with Crippen molar-refractivity contribution in [3.63, 3.8) is 0 Å². The average Bonchev–Trinajstić information content (AvgIpc) is 3.53. The summed E-state index contributed by atoms with van der Waals surface area (Å²) in [5.41, 5.74) is -2.96. The molecule has 15 nitrogen and oxygen atoms in total. The maximum atomic E-state index is 12.2. The van der Waals surface area contributed by atoms with Gasteiger partial charge in [0.05, 0.1) is 31.0 Å². The van der Waals surface area contributed by atoms with Gasteiger partial charge in [0.15, 0.2) is 12.6 Å². The molecule has 0 unspecified atom stereocenters. The lowest BCUT2D eigenvalue weighted by atomic mass is 9.35. The molecular formula is C42H72O15. The van der Waals surface area contributed by atoms with Gasteiger partial charge in [0, 0.05) is 0 Å². The summed E-state index contributed by atoms with van der Waals surface area (Å²) in [6.07, 6.45) is -6.86. The van der Waals surface area contributed by atoms with Gasteiger partial charge in [-0.15, -0.1) is 0 Å². The highest BCUT2D eigenvalue weighted by Gasteiger charge is 2.71. The molecule has 2 saturated heterocycles. The lowest BCUT2D eigenvalue weighted by molar-refractivity contribution is -0.378. The van der Waals surface area contributed by atoms with Crippen molar-refractivity contribution in [2.75, 3.05) is 13.2 Å². The second kappa shape index (κ2) is 16.1. The Labute approximate surface area is 336 Å². The molecule has 0 bridgehead atoms. The predicted molar refractivity (Wildman–Crippen MR) is 204 cm³/mol. The zero-order chi connectivity index (χ0) is 42.3. The molecule has 0 aromatic heterocycles. The Morgan fingerprint density at radius 1 is 0.702 bits per heavy atom. The van der Waals surface area contributed by atoms with E-state index in [0.717, 1.165) is 32.1 Å². The number of ether oxygens (including phenoxy) is 4. The maximum Gasteiger partial charge on any atom is 0.187 e. The lowest BCUT2D eigenvalue weighted by Gasteiger charge is -2.70. The van der Waals surface area contributed by atoms with Crippen LogP contribution in [0.5, 0.6) is 0 Å². The molecular weight excluding hydrogens is 744 g/mol. The molecule has 20 atom stereocenters. The third-order valence-corrected chi connectivity index (χ3v) is 16.7. The second-order valence-electron chi connectivity index (χ2n) is 20.6. The Bertz CT molecular complexity index is 1420. The number of hydrogen-bond donors (Lipinski definition) is 10. The van der Waals surface area contributed by atoms with Crippen LogP contribution in [-0.2, 0) is 23.8 Å².